The number of nitrogens with two attached hydrogens (primary N) is 1. The van der Waals surface area contributed by atoms with Crippen LogP contribution in [-0.2, 0) is 11.2 Å². The summed E-state index contributed by atoms with van der Waals surface area (Å²) in [4.78, 5) is 15.4. The molecule has 1 aromatic rings. The minimum Gasteiger partial charge on any atom is -0.322 e. The Morgan fingerprint density at radius 2 is 2.21 bits per heavy atom. The van der Waals surface area contributed by atoms with Gasteiger partial charge in [0.2, 0.25) is 0 Å². The summed E-state index contributed by atoms with van der Waals surface area (Å²) in [6, 6.07) is -0.222. The highest BCUT2D eigenvalue weighted by Crippen LogP contribution is 2.06. The molecule has 0 aromatic carbocycles. The van der Waals surface area contributed by atoms with Gasteiger partial charge in [0, 0.05) is 6.04 Å². The van der Waals surface area contributed by atoms with Crippen molar-refractivity contribution in [3.05, 3.63) is 12.2 Å². The van der Waals surface area contributed by atoms with E-state index in [9.17, 15) is 4.79 Å². The number of hydrogen-bond acceptors (Lipinski definition) is 4. The van der Waals surface area contributed by atoms with Gasteiger partial charge < -0.3 is 5.73 Å². The molecule has 78 valence electrons. The van der Waals surface area contributed by atoms with E-state index in [4.69, 9.17) is 5.73 Å². The molecule has 0 fully saturated rings. The van der Waals surface area contributed by atoms with Gasteiger partial charge >= 0.3 is 0 Å². The van der Waals surface area contributed by atoms with Crippen LogP contribution in [0, 0.1) is 0 Å². The summed E-state index contributed by atoms with van der Waals surface area (Å²) in [7, 11) is 0. The fourth-order valence-electron chi connectivity index (χ4n) is 1.15. The molecule has 0 amide bonds. The summed E-state index contributed by atoms with van der Waals surface area (Å²) in [5.41, 5.74) is 5.47. The number of aromatic nitrogens is 3. The molecule has 0 saturated heterocycles. The van der Waals surface area contributed by atoms with E-state index in [-0.39, 0.29) is 18.2 Å². The van der Waals surface area contributed by atoms with Gasteiger partial charge in [-0.15, -0.1) is 0 Å². The smallest absolute Gasteiger partial charge is 0.156 e. The van der Waals surface area contributed by atoms with E-state index < -0.39 is 6.04 Å². The van der Waals surface area contributed by atoms with E-state index in [1.807, 2.05) is 13.8 Å². The molecule has 5 nitrogen and oxygen atoms in total. The highest BCUT2D eigenvalue weighted by Gasteiger charge is 2.14. The zero-order chi connectivity index (χ0) is 10.7. The summed E-state index contributed by atoms with van der Waals surface area (Å²) >= 11 is 0. The van der Waals surface area contributed by atoms with Crippen LogP contribution in [0.2, 0.25) is 0 Å². The van der Waals surface area contributed by atoms with Gasteiger partial charge in [0.05, 0.1) is 12.5 Å². The minimum absolute atomic E-state index is 0.0140. The molecule has 0 aliphatic rings. The van der Waals surface area contributed by atoms with Crippen LogP contribution in [0.1, 0.15) is 32.6 Å². The van der Waals surface area contributed by atoms with Gasteiger partial charge in [-0.3, -0.25) is 4.79 Å². The molecular formula is C9H16N4O. The van der Waals surface area contributed by atoms with Crippen molar-refractivity contribution in [2.75, 3.05) is 0 Å². The minimum atomic E-state index is -0.438. The topological polar surface area (TPSA) is 73.8 Å². The molecule has 2 N–H and O–H groups in total. The Balaban J connectivity index is 2.76. The second kappa shape index (κ2) is 4.32. The maximum Gasteiger partial charge on any atom is 0.156 e. The van der Waals surface area contributed by atoms with Crippen molar-refractivity contribution in [3.63, 3.8) is 0 Å². The number of rotatable bonds is 4. The highest BCUT2D eigenvalue weighted by molar-refractivity contribution is 5.84. The normalized spacial score (nSPS) is 13.2. The summed E-state index contributed by atoms with van der Waals surface area (Å²) < 4.78 is 1.74. The highest BCUT2D eigenvalue weighted by atomic mass is 16.1. The van der Waals surface area contributed by atoms with Gasteiger partial charge in [-0.25, -0.2) is 9.67 Å². The predicted molar refractivity (Wildman–Crippen MR) is 52.8 cm³/mol. The first-order valence-corrected chi connectivity index (χ1v) is 4.69. The number of hydrogen-bond donors (Lipinski definition) is 1. The third-order valence-corrected chi connectivity index (χ3v) is 1.98. The Hall–Kier alpha value is -1.23. The fraction of sp³-hybridized carbons (Fsp3) is 0.667. The molecule has 0 aliphatic carbocycles. The number of carbonyl (C=O) groups excluding carboxylic acids is 1. The fourth-order valence-corrected chi connectivity index (χ4v) is 1.15. The van der Waals surface area contributed by atoms with Crippen molar-refractivity contribution in [1.82, 2.24) is 14.8 Å². The number of carbonyl (C=O) groups is 1. The van der Waals surface area contributed by atoms with Gasteiger partial charge in [-0.2, -0.15) is 5.10 Å². The van der Waals surface area contributed by atoms with Crippen LogP contribution in [0.25, 0.3) is 0 Å². The van der Waals surface area contributed by atoms with E-state index in [2.05, 4.69) is 10.1 Å². The largest absolute Gasteiger partial charge is 0.322 e. The molecule has 1 unspecified atom stereocenters. The second-order valence-corrected chi connectivity index (χ2v) is 3.65. The maximum absolute atomic E-state index is 11.4. The van der Waals surface area contributed by atoms with Crippen LogP contribution in [0.4, 0.5) is 0 Å². The van der Waals surface area contributed by atoms with E-state index in [0.717, 1.165) is 0 Å². The van der Waals surface area contributed by atoms with Gasteiger partial charge in [0.15, 0.2) is 5.78 Å². The lowest BCUT2D eigenvalue weighted by atomic mass is 10.1. The van der Waals surface area contributed by atoms with Crippen LogP contribution in [0.15, 0.2) is 6.33 Å². The zero-order valence-corrected chi connectivity index (χ0v) is 8.77. The monoisotopic (exact) mass is 196 g/mol. The van der Waals surface area contributed by atoms with Crippen molar-refractivity contribution >= 4 is 5.78 Å². The van der Waals surface area contributed by atoms with Gasteiger partial charge in [0.25, 0.3) is 0 Å². The van der Waals surface area contributed by atoms with E-state index in [1.165, 1.54) is 6.33 Å². The van der Waals surface area contributed by atoms with Crippen LogP contribution in [0.3, 0.4) is 0 Å². The lowest BCUT2D eigenvalue weighted by Gasteiger charge is -2.09. The number of ketones is 1. The van der Waals surface area contributed by atoms with Gasteiger partial charge in [-0.05, 0) is 20.8 Å². The Labute approximate surface area is 83.3 Å². The number of nitrogens with zero attached hydrogens (tertiary/aromatic N) is 3. The molecular weight excluding hydrogens is 180 g/mol. The Kier molecular flexibility index (Phi) is 3.35. The van der Waals surface area contributed by atoms with Crippen LogP contribution in [0.5, 0.6) is 0 Å². The van der Waals surface area contributed by atoms with Crippen LogP contribution < -0.4 is 5.73 Å². The Morgan fingerprint density at radius 3 is 2.71 bits per heavy atom. The van der Waals surface area contributed by atoms with Crippen molar-refractivity contribution in [3.8, 4) is 0 Å². The van der Waals surface area contributed by atoms with Gasteiger partial charge in [-0.1, -0.05) is 0 Å². The molecule has 5 heteroatoms. The van der Waals surface area contributed by atoms with Crippen molar-refractivity contribution < 1.29 is 4.79 Å². The van der Waals surface area contributed by atoms with Crippen LogP contribution in [-0.4, -0.2) is 26.6 Å². The molecule has 0 aliphatic heterocycles. The van der Waals surface area contributed by atoms with Crippen molar-refractivity contribution in [1.29, 1.82) is 0 Å². The molecule has 0 saturated carbocycles. The quantitative estimate of drug-likeness (QED) is 0.752. The summed E-state index contributed by atoms with van der Waals surface area (Å²) in [5, 5.41) is 4.04. The molecule has 14 heavy (non-hydrogen) atoms. The molecule has 1 atom stereocenters. The van der Waals surface area contributed by atoms with E-state index in [1.54, 1.807) is 11.6 Å². The first-order valence-electron chi connectivity index (χ1n) is 4.69. The van der Waals surface area contributed by atoms with Gasteiger partial charge in [0.1, 0.15) is 12.2 Å². The lowest BCUT2D eigenvalue weighted by Crippen LogP contribution is -2.29. The van der Waals surface area contributed by atoms with Crippen molar-refractivity contribution in [2.24, 2.45) is 5.73 Å². The third-order valence-electron chi connectivity index (χ3n) is 1.98. The molecule has 0 bridgehead atoms. The molecule has 0 spiro atoms. The summed E-state index contributed by atoms with van der Waals surface area (Å²) in [6.07, 6.45) is 1.72. The number of Topliss-reactive ketones (excluding diaryl/α,β-unsaturated/α-hetero) is 1. The summed E-state index contributed by atoms with van der Waals surface area (Å²) in [5.74, 6) is 0.669. The summed E-state index contributed by atoms with van der Waals surface area (Å²) in [6.45, 7) is 5.67. The van der Waals surface area contributed by atoms with E-state index >= 15 is 0 Å². The van der Waals surface area contributed by atoms with Crippen molar-refractivity contribution in [2.45, 2.75) is 39.3 Å². The molecule has 1 aromatic heterocycles. The molecule has 1 rings (SSSR count). The Bertz CT molecular complexity index is 316. The molecule has 0 radical (unpaired) electrons. The first-order chi connectivity index (χ1) is 6.52. The average Bonchev–Trinajstić information content (AvgIpc) is 2.52. The van der Waals surface area contributed by atoms with Crippen LogP contribution >= 0.6 is 0 Å². The Morgan fingerprint density at radius 1 is 1.57 bits per heavy atom. The second-order valence-electron chi connectivity index (χ2n) is 3.65. The van der Waals surface area contributed by atoms with E-state index in [0.29, 0.717) is 5.82 Å². The lowest BCUT2D eigenvalue weighted by molar-refractivity contribution is -0.119. The average molecular weight is 196 g/mol. The zero-order valence-electron chi connectivity index (χ0n) is 8.77. The first kappa shape index (κ1) is 10.8. The third kappa shape index (κ3) is 2.38. The standard InChI is InChI=1S/C9H16N4O/c1-6(2)13-9(11-5-12-13)4-8(14)7(3)10/h5-7H,4,10H2,1-3H3. The SMILES string of the molecule is CC(N)C(=O)Cc1ncnn1C(C)C. The maximum atomic E-state index is 11.4. The molecule has 1 heterocycles. The predicted octanol–water partition coefficient (Wildman–Crippen LogP) is 0.318.